The number of nitro groups is 2. The Morgan fingerprint density at radius 2 is 0.690 bits per heavy atom. The van der Waals surface area contributed by atoms with Gasteiger partial charge in [0, 0.05) is 125 Å². The van der Waals surface area contributed by atoms with Gasteiger partial charge in [-0.1, -0.05) is 131 Å². The largest absolute Gasteiger partial charge is 1.00 e. The van der Waals surface area contributed by atoms with E-state index < -0.39 is 74.5 Å². The third kappa shape index (κ3) is 46.1. The molecule has 3 aliphatic rings. The fourth-order valence-corrected chi connectivity index (χ4v) is 16.6. The number of esters is 8. The Morgan fingerprint density at radius 1 is 0.407 bits per heavy atom. The van der Waals surface area contributed by atoms with E-state index in [1.807, 2.05) is 107 Å². The van der Waals surface area contributed by atoms with Gasteiger partial charge in [-0.15, -0.1) is 0 Å². The van der Waals surface area contributed by atoms with E-state index >= 15 is 0 Å². The van der Waals surface area contributed by atoms with Crippen molar-refractivity contribution >= 4 is 70.2 Å². The van der Waals surface area contributed by atoms with Crippen LogP contribution in [0.3, 0.4) is 0 Å². The van der Waals surface area contributed by atoms with Crippen LogP contribution in [0.25, 0.3) is 0 Å². The number of aryl methyl sites for hydroxylation is 4. The molecule has 38 nitrogen and oxygen atoms in total. The molecule has 7 aromatic carbocycles. The van der Waals surface area contributed by atoms with Crippen LogP contribution in [-0.2, 0) is 129 Å². The fourth-order valence-electron chi connectivity index (χ4n) is 16.2. The maximum atomic E-state index is 12.9. The Hall–Kier alpha value is -8.05. The number of hydrogen-bond acceptors (Lipinski definition) is 36. The van der Waals surface area contributed by atoms with E-state index in [1.54, 1.807) is 110 Å². The first-order chi connectivity index (χ1) is 68.0. The zero-order valence-corrected chi connectivity index (χ0v) is 102. The Kier molecular flexibility index (Phi) is 61.4. The van der Waals surface area contributed by atoms with Crippen molar-refractivity contribution < 1.29 is 259 Å². The molecule has 145 heavy (non-hydrogen) atoms. The number of nitrogens with one attached hydrogen (secondary N) is 3. The predicted molar refractivity (Wildman–Crippen MR) is 539 cm³/mol. The first-order valence-electron chi connectivity index (χ1n) is 46.7. The monoisotopic (exact) mass is 2330 g/mol. The summed E-state index contributed by atoms with van der Waals surface area (Å²) in [6.07, 6.45) is 0.695. The second kappa shape index (κ2) is 67.9. The fraction of sp³-hybridized carbons (Fsp3) is 0.510. The second-order valence-corrected chi connectivity index (χ2v) is 37.6. The van der Waals surface area contributed by atoms with Crippen molar-refractivity contribution in [1.29, 1.82) is 0 Å². The molecule has 2 atom stereocenters. The summed E-state index contributed by atoms with van der Waals surface area (Å²) in [5.41, 5.74) is 7.01. The number of methoxy groups -OCH3 is 10. The van der Waals surface area contributed by atoms with Crippen LogP contribution in [0.1, 0.15) is 130 Å². The molecular formula is C104H146BrCs2N11O27. The number of carbonyl (C=O) groups excluding carboxylic acids is 9. The summed E-state index contributed by atoms with van der Waals surface area (Å²) >= 11 is 3.13. The van der Waals surface area contributed by atoms with Gasteiger partial charge in [-0.3, -0.25) is 98.1 Å². The molecule has 0 amide bonds. The van der Waals surface area contributed by atoms with Crippen molar-refractivity contribution in [2.75, 3.05) is 189 Å². The van der Waals surface area contributed by atoms with Crippen molar-refractivity contribution in [2.45, 2.75) is 160 Å². The smallest absolute Gasteiger partial charge is 1.00 e. The van der Waals surface area contributed by atoms with Gasteiger partial charge in [-0.05, 0) is 181 Å². The van der Waals surface area contributed by atoms with E-state index in [9.17, 15) is 58.6 Å². The Bertz CT molecular complexity index is 4990. The molecule has 0 aromatic heterocycles. The summed E-state index contributed by atoms with van der Waals surface area (Å²) in [6, 6.07) is 51.2. The van der Waals surface area contributed by atoms with Gasteiger partial charge >= 0.3 is 186 Å². The van der Waals surface area contributed by atoms with E-state index in [4.69, 9.17) is 62.2 Å². The van der Waals surface area contributed by atoms with Crippen LogP contribution < -0.4 is 178 Å². The van der Waals surface area contributed by atoms with E-state index in [0.29, 0.717) is 77.4 Å². The third-order valence-electron chi connectivity index (χ3n) is 23.7. The summed E-state index contributed by atoms with van der Waals surface area (Å²) < 4.78 is 60.5. The van der Waals surface area contributed by atoms with Crippen LogP contribution in [0.15, 0.2) is 164 Å². The van der Waals surface area contributed by atoms with Gasteiger partial charge in [0.25, 0.3) is 17.6 Å². The molecule has 10 rings (SSSR count). The number of halogens is 1. The number of benzene rings is 7. The number of carbonyl (C=O) groups is 9. The summed E-state index contributed by atoms with van der Waals surface area (Å²) in [7, 11) is 14.5. The molecule has 0 aliphatic carbocycles. The number of alkyl halides is 1. The van der Waals surface area contributed by atoms with Gasteiger partial charge in [-0.2, -0.15) is 0 Å². The van der Waals surface area contributed by atoms with Crippen molar-refractivity contribution in [1.82, 2.24) is 45.3 Å². The molecule has 3 heterocycles. The Labute approximate surface area is 980 Å². The molecular weight excluding hydrogens is 2180 g/mol. The predicted octanol–water partition coefficient (Wildman–Crippen LogP) is 3.83. The van der Waals surface area contributed by atoms with E-state index in [0.717, 1.165) is 95.6 Å². The van der Waals surface area contributed by atoms with Gasteiger partial charge in [-0.25, -0.2) is 0 Å². The molecule has 0 radical (unpaired) electrons. The van der Waals surface area contributed by atoms with Gasteiger partial charge in [0.15, 0.2) is 0 Å². The molecule has 41 heteroatoms. The number of ether oxygens (including phenoxy) is 12. The quantitative estimate of drug-likeness (QED) is 0.00720. The van der Waals surface area contributed by atoms with Gasteiger partial charge < -0.3 is 79.0 Å². The van der Waals surface area contributed by atoms with Gasteiger partial charge in [0.1, 0.15) is 45.1 Å². The molecule has 788 valence electrons. The van der Waals surface area contributed by atoms with Crippen LogP contribution in [0.5, 0.6) is 23.0 Å². The minimum atomic E-state index is -1.47. The third-order valence-corrected chi connectivity index (χ3v) is 24.5. The normalized spacial score (nSPS) is 15.0. The molecule has 0 bridgehead atoms. The van der Waals surface area contributed by atoms with E-state index in [-0.39, 0.29) is 226 Å². The Morgan fingerprint density at radius 3 is 0.966 bits per heavy atom. The molecule has 3 saturated heterocycles. The average Bonchev–Trinajstić information content (AvgIpc) is 1.53. The maximum absolute atomic E-state index is 12.9. The SMILES string of the molecule is COC(=O)C(Br)CCC(=O)OC(C)(C)C.COC(=O)CN1CCN(CC(=O)OC)CC(NC(CCC(=O)OC(C)(C)C)C(=O)OC)(c2ccccc2)C1.COC(=O)CN1CCN(CC(=O)OC)CC(c2ccccc2)([N+](=O)[O-])C1.COc1ccc(CN2CCN(Cc3ccc(OC)cc3C)CC(c3ccccc3)([N+](=O)[O-])C2)c(C)c1.COc1ccc(CNCCNCc2ccc(OC)cc2C)c(C)c1.O=CO[O-].[Cs+].[Cs+].[H-]. The molecule has 0 spiro atoms. The zero-order chi connectivity index (χ0) is 106. The molecule has 7 aromatic rings. The standard InChI is InChI=1S/C29H35N3O4.C27H41N3O8.C20H28N2O2.C17H23N3O6.C10H17BrO4.CH2O3.2Cs.H/c1-22-16-27(35-3)12-10-24(22)18-30-14-15-31(19-25-11-13-28(36-4)17-23(25)2)21-29(20-30,32(33)34)26-8-6-5-7-9-26;1-26(2,3)38-22(31)13-12-21(25(34)37-6)28-27(20-10-8-7-9-11-20)18-29(16-23(32)35-4)14-15-30(19-27)17-24(33)36-5;1-15-11-19(23-3)7-5-17(15)13-21-9-10-22-14-18-6-8-20(24-4)12-16(18)2;1-25-15(21)10-18-8-9-19(11-16(22)26-2)13-17(12-18,20(23)24)14-6-4-3-5-7-14;1-10(2,3)15-8(12)6-5-7(11)9(13)14-4;2-1-4-3;;;/h5-13,16-17H,14-15,18-21H2,1-4H3;7-11,21,28H,12-19H2,1-6H3;5-8,11-12,21-22H,9-10,13-14H2,1-4H3;3-7H,8-13H2,1-2H3;7H,5-6H2,1-4H3;1,3H;;;/q;;;;;;2*+1;-1/p-1. The zero-order valence-electron chi connectivity index (χ0n) is 89.2. The van der Waals surface area contributed by atoms with Crippen molar-refractivity contribution in [3.05, 3.63) is 245 Å². The summed E-state index contributed by atoms with van der Waals surface area (Å²) in [4.78, 5) is 143. The van der Waals surface area contributed by atoms with Gasteiger partial charge in [0.2, 0.25) is 0 Å². The van der Waals surface area contributed by atoms with Crippen molar-refractivity contribution in [2.24, 2.45) is 0 Å². The molecule has 3 fully saturated rings. The molecule has 2 unspecified atom stereocenters. The second-order valence-electron chi connectivity index (χ2n) is 36.5. The first kappa shape index (κ1) is 131. The van der Waals surface area contributed by atoms with Crippen LogP contribution in [0.2, 0.25) is 0 Å². The first-order valence-corrected chi connectivity index (χ1v) is 47.7. The van der Waals surface area contributed by atoms with E-state index in [2.05, 4.69) is 115 Å². The van der Waals surface area contributed by atoms with Crippen molar-refractivity contribution in [3.63, 3.8) is 0 Å². The van der Waals surface area contributed by atoms with Crippen LogP contribution in [-0.4, -0.2) is 304 Å². The summed E-state index contributed by atoms with van der Waals surface area (Å²) in [5, 5.41) is 43.8. The number of rotatable bonds is 39. The average molecular weight is 2330 g/mol. The van der Waals surface area contributed by atoms with Crippen LogP contribution in [0, 0.1) is 47.9 Å². The molecule has 0 saturated carbocycles. The topological polar surface area (TPSA) is 438 Å². The number of hydrogen-bond donors (Lipinski definition) is 3. The minimum Gasteiger partial charge on any atom is -1.00 e. The molecule has 3 aliphatic heterocycles. The minimum absolute atomic E-state index is 0. The van der Waals surface area contributed by atoms with Crippen LogP contribution >= 0.6 is 15.9 Å². The molecule has 3 N–H and O–H groups in total. The maximum Gasteiger partial charge on any atom is 1.00 e. The number of nitrogens with zero attached hydrogens (tertiary/aromatic N) is 8. The summed E-state index contributed by atoms with van der Waals surface area (Å²) in [5.74, 6) is 0.0813. The van der Waals surface area contributed by atoms with Gasteiger partial charge in [0.05, 0.1) is 129 Å². The summed E-state index contributed by atoms with van der Waals surface area (Å²) in [6.45, 7) is 28.4. The van der Waals surface area contributed by atoms with Crippen LogP contribution in [0.4, 0.5) is 0 Å². The van der Waals surface area contributed by atoms with Crippen molar-refractivity contribution in [3.8, 4) is 23.0 Å². The van der Waals surface area contributed by atoms with E-state index in [1.165, 1.54) is 64.9 Å². The Balaban J connectivity index is 0.000000624.